The van der Waals surface area contributed by atoms with E-state index in [1.165, 1.54) is 4.31 Å². The summed E-state index contributed by atoms with van der Waals surface area (Å²) in [7, 11) is -3.61. The number of aryl methyl sites for hydroxylation is 1. The Morgan fingerprint density at radius 3 is 2.30 bits per heavy atom. The molecular weight excluding hydrogens is 490 g/mol. The molecule has 204 valence electrons. The number of hydrogen-bond acceptors (Lipinski definition) is 5. The Morgan fingerprint density at radius 2 is 1.68 bits per heavy atom. The van der Waals surface area contributed by atoms with Gasteiger partial charge >= 0.3 is 0 Å². The van der Waals surface area contributed by atoms with E-state index in [1.807, 2.05) is 52.0 Å². The number of benzene rings is 2. The van der Waals surface area contributed by atoms with E-state index in [0.29, 0.717) is 24.6 Å². The van der Waals surface area contributed by atoms with E-state index in [4.69, 9.17) is 4.74 Å². The molecule has 2 aromatic rings. The van der Waals surface area contributed by atoms with Gasteiger partial charge in [-0.05, 0) is 63.8 Å². The first-order valence-corrected chi connectivity index (χ1v) is 14.7. The highest BCUT2D eigenvalue weighted by Crippen LogP contribution is 2.30. The van der Waals surface area contributed by atoms with E-state index < -0.39 is 16.1 Å². The van der Waals surface area contributed by atoms with E-state index in [-0.39, 0.29) is 37.2 Å². The average Bonchev–Trinajstić information content (AvgIpc) is 2.85. The van der Waals surface area contributed by atoms with Gasteiger partial charge in [0.2, 0.25) is 21.8 Å². The molecule has 2 aromatic carbocycles. The standard InChI is InChI=1S/C28H41N3O5S/c1-7-22(4)29-28(33)23(5)30(20-24-15-10-9-14-21(24)3)27(32)18-13-19-31(37(6,34)35)25-16-11-12-17-26(25)36-8-2/h9-12,14-17,22-23H,7-8,13,18-20H2,1-6H3,(H,29,33)/t22-,23+/m1/s1. The molecule has 2 atom stereocenters. The molecule has 0 aliphatic heterocycles. The van der Waals surface area contributed by atoms with Gasteiger partial charge in [0.1, 0.15) is 11.8 Å². The fraction of sp³-hybridized carbons (Fsp3) is 0.500. The zero-order valence-electron chi connectivity index (χ0n) is 22.9. The summed E-state index contributed by atoms with van der Waals surface area (Å²) in [6.45, 7) is 10.3. The molecule has 0 saturated carbocycles. The van der Waals surface area contributed by atoms with Crippen molar-refractivity contribution in [3.8, 4) is 5.75 Å². The van der Waals surface area contributed by atoms with Gasteiger partial charge in [-0.3, -0.25) is 13.9 Å². The van der Waals surface area contributed by atoms with Crippen molar-refractivity contribution < 1.29 is 22.7 Å². The number of para-hydroxylation sites is 2. The van der Waals surface area contributed by atoms with Gasteiger partial charge < -0.3 is 15.0 Å². The third-order valence-electron chi connectivity index (χ3n) is 6.36. The Kier molecular flexibility index (Phi) is 11.4. The Hall–Kier alpha value is -3.07. The molecular formula is C28H41N3O5S. The van der Waals surface area contributed by atoms with Crippen LogP contribution in [0.25, 0.3) is 0 Å². The number of ether oxygens (including phenoxy) is 1. The van der Waals surface area contributed by atoms with Gasteiger partial charge in [-0.25, -0.2) is 8.42 Å². The minimum atomic E-state index is -3.61. The monoisotopic (exact) mass is 531 g/mol. The summed E-state index contributed by atoms with van der Waals surface area (Å²) in [6, 6.07) is 14.1. The lowest BCUT2D eigenvalue weighted by molar-refractivity contribution is -0.140. The number of carbonyl (C=O) groups excluding carboxylic acids is 2. The second kappa shape index (κ2) is 14.0. The lowest BCUT2D eigenvalue weighted by Gasteiger charge is -2.30. The van der Waals surface area contributed by atoms with Crippen molar-refractivity contribution in [1.29, 1.82) is 0 Å². The van der Waals surface area contributed by atoms with Crippen LogP contribution in [0.2, 0.25) is 0 Å². The number of amides is 2. The van der Waals surface area contributed by atoms with Crippen molar-refractivity contribution in [3.63, 3.8) is 0 Å². The first-order valence-electron chi connectivity index (χ1n) is 12.8. The number of hydrogen-bond donors (Lipinski definition) is 1. The topological polar surface area (TPSA) is 96.0 Å². The van der Waals surface area contributed by atoms with Crippen molar-refractivity contribution >= 4 is 27.5 Å². The van der Waals surface area contributed by atoms with Crippen LogP contribution in [-0.2, 0) is 26.2 Å². The maximum Gasteiger partial charge on any atom is 0.242 e. The molecule has 9 heteroatoms. The van der Waals surface area contributed by atoms with E-state index in [9.17, 15) is 18.0 Å². The average molecular weight is 532 g/mol. The van der Waals surface area contributed by atoms with Crippen molar-refractivity contribution in [1.82, 2.24) is 10.2 Å². The number of nitrogens with one attached hydrogen (secondary N) is 1. The second-order valence-corrected chi connectivity index (χ2v) is 11.2. The van der Waals surface area contributed by atoms with Crippen LogP contribution < -0.4 is 14.4 Å². The van der Waals surface area contributed by atoms with Gasteiger partial charge in [0.05, 0.1) is 18.6 Å². The largest absolute Gasteiger partial charge is 0.492 e. The predicted octanol–water partition coefficient (Wildman–Crippen LogP) is 4.27. The molecule has 8 nitrogen and oxygen atoms in total. The quantitative estimate of drug-likeness (QED) is 0.393. The lowest BCUT2D eigenvalue weighted by atomic mass is 10.1. The van der Waals surface area contributed by atoms with Crippen LogP contribution in [0.3, 0.4) is 0 Å². The minimum absolute atomic E-state index is 0.000842. The number of sulfonamides is 1. The first-order chi connectivity index (χ1) is 17.5. The van der Waals surface area contributed by atoms with Crippen molar-refractivity contribution in [2.45, 2.75) is 72.5 Å². The zero-order chi connectivity index (χ0) is 27.6. The summed E-state index contributed by atoms with van der Waals surface area (Å²) in [4.78, 5) is 28.0. The van der Waals surface area contributed by atoms with Gasteiger partial charge in [-0.2, -0.15) is 0 Å². The lowest BCUT2D eigenvalue weighted by Crippen LogP contribution is -2.49. The molecule has 0 aliphatic carbocycles. The number of nitrogens with zero attached hydrogens (tertiary/aromatic N) is 2. The number of rotatable bonds is 14. The highest BCUT2D eigenvalue weighted by Gasteiger charge is 2.28. The molecule has 0 radical (unpaired) electrons. The van der Waals surface area contributed by atoms with E-state index >= 15 is 0 Å². The maximum atomic E-state index is 13.5. The maximum absolute atomic E-state index is 13.5. The summed E-state index contributed by atoms with van der Waals surface area (Å²) in [5.74, 6) is 0.0551. The van der Waals surface area contributed by atoms with Gasteiger partial charge in [0, 0.05) is 25.6 Å². The number of carbonyl (C=O) groups is 2. The number of anilines is 1. The zero-order valence-corrected chi connectivity index (χ0v) is 23.7. The summed E-state index contributed by atoms with van der Waals surface area (Å²) >= 11 is 0. The van der Waals surface area contributed by atoms with Gasteiger partial charge in [-0.15, -0.1) is 0 Å². The SMILES string of the molecule is CCOc1ccccc1N(CCCC(=O)N(Cc1ccccc1C)[C@@H](C)C(=O)N[C@H](C)CC)S(C)(=O)=O. The van der Waals surface area contributed by atoms with Crippen LogP contribution in [0.4, 0.5) is 5.69 Å². The Bertz CT molecular complexity index is 1150. The van der Waals surface area contributed by atoms with Crippen molar-refractivity contribution in [2.75, 3.05) is 23.7 Å². The fourth-order valence-electron chi connectivity index (χ4n) is 3.94. The van der Waals surface area contributed by atoms with Crippen LogP contribution in [0.15, 0.2) is 48.5 Å². The van der Waals surface area contributed by atoms with E-state index in [2.05, 4.69) is 5.32 Å². The van der Waals surface area contributed by atoms with Crippen LogP contribution in [0, 0.1) is 6.92 Å². The summed E-state index contributed by atoms with van der Waals surface area (Å²) in [5.41, 5.74) is 2.44. The Morgan fingerprint density at radius 1 is 1.03 bits per heavy atom. The Labute approximate surface area is 222 Å². The molecule has 0 aromatic heterocycles. The molecule has 2 amide bonds. The molecule has 0 saturated heterocycles. The molecule has 2 rings (SSSR count). The van der Waals surface area contributed by atoms with Crippen molar-refractivity contribution in [2.24, 2.45) is 0 Å². The second-order valence-electron chi connectivity index (χ2n) is 9.28. The van der Waals surface area contributed by atoms with Crippen LogP contribution >= 0.6 is 0 Å². The van der Waals surface area contributed by atoms with Crippen LogP contribution in [0.5, 0.6) is 5.75 Å². The smallest absolute Gasteiger partial charge is 0.242 e. The highest BCUT2D eigenvalue weighted by atomic mass is 32.2. The van der Waals surface area contributed by atoms with E-state index in [0.717, 1.165) is 23.8 Å². The van der Waals surface area contributed by atoms with Gasteiger partial charge in [-0.1, -0.05) is 43.3 Å². The molecule has 0 heterocycles. The first kappa shape index (κ1) is 30.2. The summed E-state index contributed by atoms with van der Waals surface area (Å²) in [5, 5.41) is 2.96. The van der Waals surface area contributed by atoms with Gasteiger partial charge in [0.25, 0.3) is 0 Å². The van der Waals surface area contributed by atoms with E-state index in [1.54, 1.807) is 36.1 Å². The van der Waals surface area contributed by atoms with Gasteiger partial charge in [0.15, 0.2) is 0 Å². The van der Waals surface area contributed by atoms with Crippen molar-refractivity contribution in [3.05, 3.63) is 59.7 Å². The fourth-order valence-corrected chi connectivity index (χ4v) is 4.91. The molecule has 0 fully saturated rings. The van der Waals surface area contributed by atoms with Crippen LogP contribution in [-0.4, -0.2) is 56.6 Å². The Balaban J connectivity index is 2.22. The predicted molar refractivity (Wildman–Crippen MR) is 148 cm³/mol. The molecule has 0 spiro atoms. The third-order valence-corrected chi connectivity index (χ3v) is 7.54. The molecule has 0 unspecified atom stereocenters. The molecule has 0 aliphatic rings. The summed E-state index contributed by atoms with van der Waals surface area (Å²) < 4.78 is 32.2. The normalized spacial score (nSPS) is 12.9. The molecule has 1 N–H and O–H groups in total. The highest BCUT2D eigenvalue weighted by molar-refractivity contribution is 7.92. The third kappa shape index (κ3) is 8.77. The molecule has 0 bridgehead atoms. The molecule has 37 heavy (non-hydrogen) atoms. The summed E-state index contributed by atoms with van der Waals surface area (Å²) in [6.07, 6.45) is 2.31. The van der Waals surface area contributed by atoms with Crippen LogP contribution in [0.1, 0.15) is 58.1 Å². The minimum Gasteiger partial charge on any atom is -0.492 e.